The van der Waals surface area contributed by atoms with E-state index in [2.05, 4.69) is 31.2 Å². The van der Waals surface area contributed by atoms with Gasteiger partial charge in [-0.25, -0.2) is 9.78 Å². The molecule has 3 aliphatic rings. The first-order valence-electron chi connectivity index (χ1n) is 12.5. The van der Waals surface area contributed by atoms with E-state index in [-0.39, 0.29) is 22.6 Å². The predicted octanol–water partition coefficient (Wildman–Crippen LogP) is 0.991. The lowest BCUT2D eigenvalue weighted by molar-refractivity contribution is -0.128. The minimum absolute atomic E-state index is 0.0800. The van der Waals surface area contributed by atoms with Gasteiger partial charge in [-0.15, -0.1) is 0 Å². The zero-order chi connectivity index (χ0) is 28.3. The summed E-state index contributed by atoms with van der Waals surface area (Å²) in [5.74, 6) is -1.14. The van der Waals surface area contributed by atoms with Gasteiger partial charge in [-0.05, 0) is 38.4 Å². The van der Waals surface area contributed by atoms with E-state index >= 15 is 0 Å². The van der Waals surface area contributed by atoms with Crippen LogP contribution in [0.1, 0.15) is 25.7 Å². The first kappa shape index (κ1) is 29.1. The summed E-state index contributed by atoms with van der Waals surface area (Å²) in [6.07, 6.45) is 3.37. The fourth-order valence-corrected chi connectivity index (χ4v) is 6.74. The van der Waals surface area contributed by atoms with Crippen molar-refractivity contribution >= 4 is 70.1 Å². The highest BCUT2D eigenvalue weighted by Gasteiger charge is 2.44. The fraction of sp³-hybridized carbons (Fsp3) is 0.500. The Morgan fingerprint density at radius 1 is 1.15 bits per heavy atom. The van der Waals surface area contributed by atoms with Gasteiger partial charge in [-0.1, -0.05) is 35.6 Å². The number of carbonyl (C=O) groups is 4. The van der Waals surface area contributed by atoms with E-state index in [1.807, 2.05) is 7.05 Å². The second-order valence-corrected chi connectivity index (χ2v) is 11.7. The quantitative estimate of drug-likeness (QED) is 0.313. The van der Waals surface area contributed by atoms with Crippen molar-refractivity contribution in [3.8, 4) is 0 Å². The highest BCUT2D eigenvalue weighted by Crippen LogP contribution is 2.42. The molecule has 4 unspecified atom stereocenters. The van der Waals surface area contributed by atoms with Crippen molar-refractivity contribution in [3.63, 3.8) is 0 Å². The molecule has 2 aliphatic heterocycles. The third-order valence-electron chi connectivity index (χ3n) is 6.99. The lowest BCUT2D eigenvalue weighted by atomic mass is 9.81. The summed E-state index contributed by atoms with van der Waals surface area (Å²) in [4.78, 5) is 59.4. The Kier molecular flexibility index (Phi) is 9.31. The topological polar surface area (TPSA) is 162 Å². The molecule has 6 N–H and O–H groups in total. The number of pyridine rings is 1. The normalized spacial score (nSPS) is 24.9. The molecule has 3 heterocycles. The molecule has 0 aromatic carbocycles. The third kappa shape index (κ3) is 6.80. The maximum absolute atomic E-state index is 13.6. The van der Waals surface area contributed by atoms with Gasteiger partial charge in [0.05, 0.1) is 5.02 Å². The lowest BCUT2D eigenvalue weighted by Crippen LogP contribution is -2.59. The van der Waals surface area contributed by atoms with Crippen molar-refractivity contribution in [1.29, 1.82) is 0 Å². The number of primary amides is 1. The summed E-state index contributed by atoms with van der Waals surface area (Å²) >= 11 is 12.5. The van der Waals surface area contributed by atoms with E-state index in [1.54, 1.807) is 19.2 Å². The Hall–Kier alpha value is -2.94. The van der Waals surface area contributed by atoms with Crippen LogP contribution in [0.4, 0.5) is 10.6 Å². The second kappa shape index (κ2) is 12.5. The Morgan fingerprint density at radius 3 is 2.59 bits per heavy atom. The van der Waals surface area contributed by atoms with E-state index < -0.39 is 35.3 Å². The van der Waals surface area contributed by atoms with Crippen LogP contribution >= 0.6 is 35.6 Å². The van der Waals surface area contributed by atoms with Gasteiger partial charge < -0.3 is 31.9 Å². The highest BCUT2D eigenvalue weighted by atomic mass is 35.5. The second-order valence-electron chi connectivity index (χ2n) is 9.67. The number of likely N-dealkylation sites (N-methyl/N-ethyl adjacent to an activating group) is 1. The Morgan fingerprint density at radius 2 is 1.92 bits per heavy atom. The molecule has 5 amide bonds. The first-order valence-corrected chi connectivity index (χ1v) is 14.1. The fourth-order valence-electron chi connectivity index (χ4n) is 5.02. The molecule has 15 heteroatoms. The number of carbonyl (C=O) groups excluding carboxylic acids is 4. The van der Waals surface area contributed by atoms with Crippen molar-refractivity contribution in [2.45, 2.75) is 43.1 Å². The summed E-state index contributed by atoms with van der Waals surface area (Å²) < 4.78 is 0. The molecule has 4 atom stereocenters. The Labute approximate surface area is 240 Å². The average molecular weight is 595 g/mol. The molecule has 0 radical (unpaired) electrons. The number of nitrogens with zero attached hydrogens (tertiary/aromatic N) is 3. The van der Waals surface area contributed by atoms with Crippen LogP contribution in [-0.4, -0.2) is 88.2 Å². The summed E-state index contributed by atoms with van der Waals surface area (Å²) in [5, 5.41) is 10.9. The van der Waals surface area contributed by atoms with Crippen LogP contribution in [0.3, 0.4) is 0 Å². The number of urea groups is 1. The molecule has 0 spiro atoms. The van der Waals surface area contributed by atoms with Crippen LogP contribution < -0.4 is 27.0 Å². The standard InChI is InChI=1S/C24H31ClN8O4S2/c1-27-19(34)12-3-5-14(30-22(38)20(35)31-18-6-4-13(25)10-28-18)15(9-12)29-21(36)23-33(24(26)37)16-7-8-32(2)11-17(16)39-23/h4,6,10,12,14-15,23H,3,5,7-9,11H2,1-2H3,(H2,26,37)(H,27,34)(H,29,36)(H,30,38)(H,28,31,35). The smallest absolute Gasteiger partial charge is 0.320 e. The van der Waals surface area contributed by atoms with Crippen LogP contribution in [0.25, 0.3) is 0 Å². The summed E-state index contributed by atoms with van der Waals surface area (Å²) in [6.45, 7) is 1.39. The predicted molar refractivity (Wildman–Crippen MR) is 153 cm³/mol. The van der Waals surface area contributed by atoms with Crippen LogP contribution in [0.2, 0.25) is 5.02 Å². The van der Waals surface area contributed by atoms with Crippen molar-refractivity contribution in [3.05, 3.63) is 34.0 Å². The first-order chi connectivity index (χ1) is 18.6. The van der Waals surface area contributed by atoms with Gasteiger partial charge in [0.2, 0.25) is 5.91 Å². The van der Waals surface area contributed by atoms with E-state index in [4.69, 9.17) is 29.6 Å². The SMILES string of the molecule is CNC(=O)C1CCC(NC(=S)C(=O)Nc2ccc(Cl)cn2)C(NC(=O)C2SC3=C(CCN(C)C3)N2C(N)=O)C1. The monoisotopic (exact) mass is 594 g/mol. The minimum Gasteiger partial charge on any atom is -0.367 e. The zero-order valence-electron chi connectivity index (χ0n) is 21.5. The van der Waals surface area contributed by atoms with Crippen LogP contribution in [-0.2, 0) is 14.4 Å². The molecule has 39 heavy (non-hydrogen) atoms. The molecule has 0 saturated heterocycles. The third-order valence-corrected chi connectivity index (χ3v) is 8.82. The average Bonchev–Trinajstić information content (AvgIpc) is 3.29. The maximum atomic E-state index is 13.6. The van der Waals surface area contributed by atoms with Gasteiger partial charge >= 0.3 is 6.03 Å². The van der Waals surface area contributed by atoms with Gasteiger partial charge in [-0.2, -0.15) is 0 Å². The number of amides is 5. The van der Waals surface area contributed by atoms with Crippen LogP contribution in [0.5, 0.6) is 0 Å². The molecule has 1 aromatic heterocycles. The lowest BCUT2D eigenvalue weighted by Gasteiger charge is -2.37. The van der Waals surface area contributed by atoms with E-state index in [0.29, 0.717) is 37.3 Å². The molecule has 12 nitrogen and oxygen atoms in total. The highest BCUT2D eigenvalue weighted by molar-refractivity contribution is 8.04. The number of nitrogens with two attached hydrogens (primary N) is 1. The molecule has 1 fully saturated rings. The number of thioether (sulfide) groups is 1. The molecule has 1 aliphatic carbocycles. The number of halogens is 1. The van der Waals surface area contributed by atoms with Gasteiger partial charge in [0.25, 0.3) is 11.8 Å². The van der Waals surface area contributed by atoms with Crippen molar-refractivity contribution in [1.82, 2.24) is 30.7 Å². The summed E-state index contributed by atoms with van der Waals surface area (Å²) in [7, 11) is 3.54. The van der Waals surface area contributed by atoms with Gasteiger partial charge in [-0.3, -0.25) is 19.3 Å². The number of anilines is 1. The molecular formula is C24H31ClN8O4S2. The number of thiocarbonyl (C=S) groups is 1. The Bertz CT molecular complexity index is 1200. The Balaban J connectivity index is 1.46. The molecule has 4 rings (SSSR count). The largest absolute Gasteiger partial charge is 0.367 e. The maximum Gasteiger partial charge on any atom is 0.320 e. The van der Waals surface area contributed by atoms with Gasteiger partial charge in [0, 0.05) is 61.4 Å². The van der Waals surface area contributed by atoms with Gasteiger partial charge in [0.15, 0.2) is 10.4 Å². The number of hydrogen-bond acceptors (Lipinski definition) is 8. The molecule has 0 bridgehead atoms. The molecule has 1 saturated carbocycles. The van der Waals surface area contributed by atoms with Gasteiger partial charge in [0.1, 0.15) is 5.82 Å². The summed E-state index contributed by atoms with van der Waals surface area (Å²) in [5.41, 5.74) is 6.46. The van der Waals surface area contributed by atoms with Crippen molar-refractivity contribution < 1.29 is 19.2 Å². The van der Waals surface area contributed by atoms with E-state index in [0.717, 1.165) is 17.1 Å². The summed E-state index contributed by atoms with van der Waals surface area (Å²) in [6, 6.07) is 1.49. The molecular weight excluding hydrogens is 564 g/mol. The number of rotatable bonds is 5. The number of nitrogens with one attached hydrogen (secondary N) is 4. The van der Waals surface area contributed by atoms with Crippen LogP contribution in [0, 0.1) is 5.92 Å². The zero-order valence-corrected chi connectivity index (χ0v) is 23.9. The molecule has 1 aromatic rings. The van der Waals surface area contributed by atoms with Crippen molar-refractivity contribution in [2.75, 3.05) is 32.5 Å². The number of aromatic nitrogens is 1. The molecule has 210 valence electrons. The van der Waals surface area contributed by atoms with Crippen molar-refractivity contribution in [2.24, 2.45) is 11.7 Å². The van der Waals surface area contributed by atoms with E-state index in [1.165, 1.54) is 22.9 Å². The minimum atomic E-state index is -0.855. The number of hydrogen-bond donors (Lipinski definition) is 5. The van der Waals surface area contributed by atoms with Crippen LogP contribution in [0.15, 0.2) is 28.9 Å². The van der Waals surface area contributed by atoms with E-state index in [9.17, 15) is 19.2 Å².